The maximum absolute atomic E-state index is 13.8. The second-order valence-electron chi connectivity index (χ2n) is 7.92. The lowest BCUT2D eigenvalue weighted by Gasteiger charge is -2.12. The maximum atomic E-state index is 13.8. The van der Waals surface area contributed by atoms with Crippen LogP contribution >= 0.6 is 0 Å². The first-order valence-electron chi connectivity index (χ1n) is 10.4. The van der Waals surface area contributed by atoms with Crippen LogP contribution in [-0.2, 0) is 6.42 Å². The number of benzene rings is 1. The summed E-state index contributed by atoms with van der Waals surface area (Å²) in [6, 6.07) is 13.8. The van der Waals surface area contributed by atoms with Crippen LogP contribution in [0.5, 0.6) is 0 Å². The van der Waals surface area contributed by atoms with E-state index in [1.807, 2.05) is 16.6 Å². The summed E-state index contributed by atoms with van der Waals surface area (Å²) in [5, 5.41) is 9.38. The van der Waals surface area contributed by atoms with Crippen molar-refractivity contribution in [3.05, 3.63) is 78.1 Å². The number of hydrogen-bond donors (Lipinski definition) is 2. The van der Waals surface area contributed by atoms with Gasteiger partial charge in [-0.3, -0.25) is 4.98 Å². The quantitative estimate of drug-likeness (QED) is 0.401. The van der Waals surface area contributed by atoms with E-state index in [1.54, 1.807) is 6.20 Å². The molecule has 0 radical (unpaired) electrons. The van der Waals surface area contributed by atoms with Gasteiger partial charge in [-0.2, -0.15) is 0 Å². The van der Waals surface area contributed by atoms with Crippen LogP contribution in [-0.4, -0.2) is 31.1 Å². The van der Waals surface area contributed by atoms with E-state index in [9.17, 15) is 4.39 Å². The van der Waals surface area contributed by atoms with Gasteiger partial charge in [0.2, 0.25) is 0 Å². The van der Waals surface area contributed by atoms with E-state index in [0.717, 1.165) is 29.0 Å². The Hall–Kier alpha value is -3.74. The normalized spacial score (nSPS) is 11.6. The number of aromatic nitrogens is 5. The minimum atomic E-state index is -0.411. The van der Waals surface area contributed by atoms with Crippen LogP contribution in [0.1, 0.15) is 31.0 Å². The summed E-state index contributed by atoms with van der Waals surface area (Å²) in [6.45, 7) is 4.95. The summed E-state index contributed by atoms with van der Waals surface area (Å²) in [5.74, 6) is 1.04. The van der Waals surface area contributed by atoms with Gasteiger partial charge in [-0.25, -0.2) is 13.9 Å². The number of H-pyrrole nitrogens is 1. The Labute approximate surface area is 179 Å². The monoisotopic (exact) mass is 414 g/mol. The number of halogens is 1. The van der Waals surface area contributed by atoms with E-state index < -0.39 is 5.82 Å². The molecular weight excluding hydrogens is 391 g/mol. The van der Waals surface area contributed by atoms with E-state index in [0.29, 0.717) is 17.9 Å². The third kappa shape index (κ3) is 3.63. The highest BCUT2D eigenvalue weighted by molar-refractivity contribution is 5.83. The third-order valence-electron chi connectivity index (χ3n) is 5.46. The van der Waals surface area contributed by atoms with Gasteiger partial charge in [-0.15, -0.1) is 5.10 Å². The van der Waals surface area contributed by atoms with E-state index in [-0.39, 0.29) is 5.92 Å². The Kier molecular flexibility index (Phi) is 4.86. The number of aromatic amines is 1. The average molecular weight is 414 g/mol. The molecular formula is C24H23FN6. The Balaban J connectivity index is 1.49. The largest absolute Gasteiger partial charge is 0.368 e. The van der Waals surface area contributed by atoms with Crippen molar-refractivity contribution in [2.45, 2.75) is 26.2 Å². The molecule has 0 spiro atoms. The molecule has 4 heterocycles. The average Bonchev–Trinajstić information content (AvgIpc) is 3.38. The molecule has 0 saturated carbocycles. The van der Waals surface area contributed by atoms with Gasteiger partial charge in [0.25, 0.3) is 0 Å². The zero-order valence-electron chi connectivity index (χ0n) is 17.4. The first-order chi connectivity index (χ1) is 15.1. The smallest absolute Gasteiger partial charge is 0.183 e. The Morgan fingerprint density at radius 1 is 1.13 bits per heavy atom. The molecule has 2 N–H and O–H groups in total. The minimum absolute atomic E-state index is 0.287. The van der Waals surface area contributed by atoms with Crippen molar-refractivity contribution >= 4 is 22.2 Å². The summed E-state index contributed by atoms with van der Waals surface area (Å²) in [5.41, 5.74) is 4.90. The molecule has 0 aliphatic heterocycles. The fraction of sp³-hybridized carbons (Fsp3) is 0.208. The van der Waals surface area contributed by atoms with E-state index >= 15 is 0 Å². The van der Waals surface area contributed by atoms with Crippen molar-refractivity contribution in [1.82, 2.24) is 24.6 Å². The Morgan fingerprint density at radius 3 is 2.84 bits per heavy atom. The van der Waals surface area contributed by atoms with Crippen LogP contribution in [0.3, 0.4) is 0 Å². The maximum Gasteiger partial charge on any atom is 0.183 e. The van der Waals surface area contributed by atoms with E-state index in [4.69, 9.17) is 4.98 Å². The minimum Gasteiger partial charge on any atom is -0.368 e. The molecule has 5 rings (SSSR count). The SMILES string of the molecule is CC(C)c1ccc2c(NCCc3c[nH]c4ccccc34)nc(-c3cncc(F)c3)nn12. The molecule has 156 valence electrons. The molecule has 4 aromatic heterocycles. The van der Waals surface area contributed by atoms with Crippen molar-refractivity contribution in [3.63, 3.8) is 0 Å². The predicted molar refractivity (Wildman–Crippen MR) is 121 cm³/mol. The molecule has 0 atom stereocenters. The lowest BCUT2D eigenvalue weighted by Crippen LogP contribution is -2.11. The number of anilines is 1. The number of nitrogens with one attached hydrogen (secondary N) is 2. The highest BCUT2D eigenvalue weighted by Crippen LogP contribution is 2.26. The highest BCUT2D eigenvalue weighted by Gasteiger charge is 2.15. The zero-order chi connectivity index (χ0) is 21.4. The Morgan fingerprint density at radius 2 is 2.00 bits per heavy atom. The van der Waals surface area contributed by atoms with Crippen LogP contribution < -0.4 is 5.32 Å². The molecule has 0 unspecified atom stereocenters. The molecule has 0 aliphatic rings. The van der Waals surface area contributed by atoms with Crippen molar-refractivity contribution < 1.29 is 4.39 Å². The summed E-state index contributed by atoms with van der Waals surface area (Å²) in [7, 11) is 0. The van der Waals surface area contributed by atoms with Crippen LogP contribution in [0.2, 0.25) is 0 Å². The molecule has 6 nitrogen and oxygen atoms in total. The summed E-state index contributed by atoms with van der Waals surface area (Å²) in [6.07, 6.45) is 5.66. The van der Waals surface area contributed by atoms with Gasteiger partial charge in [-0.05, 0) is 42.2 Å². The van der Waals surface area contributed by atoms with Gasteiger partial charge < -0.3 is 10.3 Å². The lowest BCUT2D eigenvalue weighted by molar-refractivity contribution is 0.621. The summed E-state index contributed by atoms with van der Waals surface area (Å²) >= 11 is 0. The van der Waals surface area contributed by atoms with Gasteiger partial charge in [0, 0.05) is 41.1 Å². The zero-order valence-corrected chi connectivity index (χ0v) is 17.4. The number of hydrogen-bond acceptors (Lipinski definition) is 4. The van der Waals surface area contributed by atoms with Gasteiger partial charge >= 0.3 is 0 Å². The molecule has 31 heavy (non-hydrogen) atoms. The van der Waals surface area contributed by atoms with E-state index in [1.165, 1.54) is 23.2 Å². The second-order valence-corrected chi connectivity index (χ2v) is 7.92. The van der Waals surface area contributed by atoms with Crippen LogP contribution in [0, 0.1) is 5.82 Å². The number of rotatable bonds is 6. The van der Waals surface area contributed by atoms with Crippen LogP contribution in [0.4, 0.5) is 10.2 Å². The first kappa shape index (κ1) is 19.2. The number of fused-ring (bicyclic) bond motifs is 2. The molecule has 1 aromatic carbocycles. The van der Waals surface area contributed by atoms with Crippen LogP contribution in [0.15, 0.2) is 61.1 Å². The van der Waals surface area contributed by atoms with Gasteiger partial charge in [0.1, 0.15) is 11.3 Å². The summed E-state index contributed by atoms with van der Waals surface area (Å²) in [4.78, 5) is 12.0. The molecule has 0 fully saturated rings. The second kappa shape index (κ2) is 7.83. The predicted octanol–water partition coefficient (Wildman–Crippen LogP) is 5.19. The van der Waals surface area contributed by atoms with Crippen molar-refractivity contribution in [3.8, 4) is 11.4 Å². The molecule has 7 heteroatoms. The van der Waals surface area contributed by atoms with Gasteiger partial charge in [0.15, 0.2) is 11.6 Å². The van der Waals surface area contributed by atoms with E-state index in [2.05, 4.69) is 64.7 Å². The molecule has 0 aliphatic carbocycles. The standard InChI is InChI=1S/C24H23FN6/c1-15(2)21-7-8-22-24(27-10-9-16-13-28-20-6-4-3-5-19(16)20)29-23(30-31(21)22)17-11-18(25)14-26-12-17/h3-8,11-15,28H,9-10H2,1-2H3,(H,27,29,30). The number of nitrogens with zero attached hydrogens (tertiary/aromatic N) is 4. The highest BCUT2D eigenvalue weighted by atomic mass is 19.1. The third-order valence-corrected chi connectivity index (χ3v) is 5.46. The summed E-state index contributed by atoms with van der Waals surface area (Å²) < 4.78 is 15.7. The Bertz CT molecular complexity index is 1370. The first-order valence-corrected chi connectivity index (χ1v) is 10.4. The van der Waals surface area contributed by atoms with Crippen molar-refractivity contribution in [2.24, 2.45) is 0 Å². The number of para-hydroxylation sites is 1. The molecule has 5 aromatic rings. The molecule has 0 amide bonds. The molecule has 0 saturated heterocycles. The fourth-order valence-corrected chi connectivity index (χ4v) is 3.89. The fourth-order valence-electron chi connectivity index (χ4n) is 3.89. The topological polar surface area (TPSA) is 70.9 Å². The lowest BCUT2D eigenvalue weighted by atomic mass is 10.1. The van der Waals surface area contributed by atoms with Crippen molar-refractivity contribution in [1.29, 1.82) is 0 Å². The van der Waals surface area contributed by atoms with Crippen LogP contribution in [0.25, 0.3) is 27.8 Å². The number of pyridine rings is 1. The van der Waals surface area contributed by atoms with Gasteiger partial charge in [0.05, 0.1) is 6.20 Å². The van der Waals surface area contributed by atoms with Crippen molar-refractivity contribution in [2.75, 3.05) is 11.9 Å². The van der Waals surface area contributed by atoms with Gasteiger partial charge in [-0.1, -0.05) is 32.0 Å². The molecule has 0 bridgehead atoms.